The number of unbranched alkanes of at least 4 members (excludes halogenated alkanes) is 1. The van der Waals surface area contributed by atoms with Crippen LogP contribution >= 0.6 is 11.3 Å². The van der Waals surface area contributed by atoms with Crippen LogP contribution in [0.1, 0.15) is 71.7 Å². The second-order valence-corrected chi connectivity index (χ2v) is 11.0. The van der Waals surface area contributed by atoms with E-state index in [0.29, 0.717) is 38.4 Å². The van der Waals surface area contributed by atoms with Gasteiger partial charge >= 0.3 is 5.97 Å². The van der Waals surface area contributed by atoms with Crippen molar-refractivity contribution in [3.63, 3.8) is 0 Å². The predicted octanol–water partition coefficient (Wildman–Crippen LogP) is 6.62. The van der Waals surface area contributed by atoms with Gasteiger partial charge in [-0.2, -0.15) is 0 Å². The summed E-state index contributed by atoms with van der Waals surface area (Å²) in [4.78, 5) is 45.2. The molecule has 0 unspecified atom stereocenters. The number of piperazine rings is 1. The Morgan fingerprint density at radius 3 is 2.29 bits per heavy atom. The molecule has 4 aromatic rings. The van der Waals surface area contributed by atoms with Crippen molar-refractivity contribution in [1.82, 2.24) is 9.47 Å². The Morgan fingerprint density at radius 1 is 0.905 bits per heavy atom. The highest BCUT2D eigenvalue weighted by molar-refractivity contribution is 7.12. The fraction of sp³-hybridized carbons (Fsp3) is 0.382. The topological polar surface area (TPSA) is 71.9 Å². The monoisotopic (exact) mass is 587 g/mol. The first-order chi connectivity index (χ1) is 20.5. The molecule has 1 aliphatic rings. The molecule has 1 aliphatic heterocycles. The van der Waals surface area contributed by atoms with E-state index in [1.807, 2.05) is 72.7 Å². The molecule has 0 spiro atoms. The van der Waals surface area contributed by atoms with Crippen molar-refractivity contribution in [2.24, 2.45) is 0 Å². The van der Waals surface area contributed by atoms with E-state index < -0.39 is 5.97 Å². The molecule has 8 heteroatoms. The zero-order valence-electron chi connectivity index (χ0n) is 25.1. The third kappa shape index (κ3) is 6.76. The average Bonchev–Trinajstić information content (AvgIpc) is 3.58. The van der Waals surface area contributed by atoms with Crippen LogP contribution in [0.4, 0.5) is 5.69 Å². The van der Waals surface area contributed by atoms with Crippen molar-refractivity contribution in [3.05, 3.63) is 98.0 Å². The van der Waals surface area contributed by atoms with E-state index in [-0.39, 0.29) is 23.6 Å². The average molecular weight is 588 g/mol. The molecule has 2 aromatic heterocycles. The largest absolute Gasteiger partial charge is 0.462 e. The van der Waals surface area contributed by atoms with Crippen LogP contribution in [0.15, 0.2) is 70.8 Å². The lowest BCUT2D eigenvalue weighted by Crippen LogP contribution is -2.49. The molecule has 222 valence electrons. The van der Waals surface area contributed by atoms with Crippen LogP contribution in [0.5, 0.6) is 0 Å². The molecule has 1 fully saturated rings. The maximum Gasteiger partial charge on any atom is 0.345 e. The zero-order chi connectivity index (χ0) is 30.1. The van der Waals surface area contributed by atoms with Gasteiger partial charge in [-0.1, -0.05) is 69.7 Å². The van der Waals surface area contributed by atoms with Crippen LogP contribution in [-0.4, -0.2) is 54.1 Å². The van der Waals surface area contributed by atoms with Crippen molar-refractivity contribution in [3.8, 4) is 0 Å². The first-order valence-corrected chi connectivity index (χ1v) is 15.9. The number of nitrogens with zero attached hydrogens (tertiary/aromatic N) is 3. The lowest BCUT2D eigenvalue weighted by molar-refractivity contribution is 0.0523. The Kier molecular flexibility index (Phi) is 11.0. The summed E-state index contributed by atoms with van der Waals surface area (Å²) in [6.07, 6.45) is 3.05. The van der Waals surface area contributed by atoms with Gasteiger partial charge < -0.3 is 19.1 Å². The standard InChI is InChI=1S/C32H35N3O4S.C2H6/c1-3-5-10-23-14-15-26-25(21-23)29(33-16-18-34(19-17-33)30(36)27-13-9-20-40-27)28(32(38)39-4-2)31(37)35(26)22-24-11-7-6-8-12-24;1-2/h6-9,11-15,20-21H,3-5,10,16-19,22H2,1-2H3;1-2H3. The number of ether oxygens (including phenoxy) is 1. The number of aromatic nitrogens is 1. The van der Waals surface area contributed by atoms with E-state index in [9.17, 15) is 14.4 Å². The fourth-order valence-electron chi connectivity index (χ4n) is 5.35. The molecule has 2 aromatic carbocycles. The van der Waals surface area contributed by atoms with Gasteiger partial charge in [-0.3, -0.25) is 9.59 Å². The number of hydrogen-bond donors (Lipinski definition) is 0. The Morgan fingerprint density at radius 2 is 1.64 bits per heavy atom. The molecule has 0 radical (unpaired) electrons. The first kappa shape index (κ1) is 31.0. The quantitative estimate of drug-likeness (QED) is 0.206. The molecule has 0 bridgehead atoms. The number of esters is 1. The maximum atomic E-state index is 14.1. The molecular formula is C34H41N3O4S. The fourth-order valence-corrected chi connectivity index (χ4v) is 6.04. The van der Waals surface area contributed by atoms with Crippen LogP contribution in [0.2, 0.25) is 0 Å². The normalized spacial score (nSPS) is 13.0. The summed E-state index contributed by atoms with van der Waals surface area (Å²) in [5.74, 6) is -0.590. The molecular weight excluding hydrogens is 546 g/mol. The van der Waals surface area contributed by atoms with Crippen molar-refractivity contribution >= 4 is 39.8 Å². The van der Waals surface area contributed by atoms with Gasteiger partial charge in [0.15, 0.2) is 0 Å². The molecule has 1 amide bonds. The molecule has 0 saturated carbocycles. The number of carbonyl (C=O) groups is 2. The van der Waals surface area contributed by atoms with E-state index in [2.05, 4.69) is 24.0 Å². The van der Waals surface area contributed by atoms with Gasteiger partial charge in [0, 0.05) is 31.6 Å². The number of hydrogen-bond acceptors (Lipinski definition) is 6. The second kappa shape index (κ2) is 14.8. The highest BCUT2D eigenvalue weighted by Crippen LogP contribution is 2.32. The molecule has 3 heterocycles. The van der Waals surface area contributed by atoms with Crippen LogP contribution in [0.25, 0.3) is 10.9 Å². The molecule has 5 rings (SSSR count). The van der Waals surface area contributed by atoms with Gasteiger partial charge in [0.25, 0.3) is 11.5 Å². The Balaban J connectivity index is 0.00000198. The van der Waals surface area contributed by atoms with Gasteiger partial charge in [-0.15, -0.1) is 11.3 Å². The van der Waals surface area contributed by atoms with Crippen LogP contribution in [-0.2, 0) is 17.7 Å². The number of benzene rings is 2. The molecule has 42 heavy (non-hydrogen) atoms. The smallest absolute Gasteiger partial charge is 0.345 e. The number of thiophene rings is 1. The predicted molar refractivity (Wildman–Crippen MR) is 172 cm³/mol. The third-order valence-electron chi connectivity index (χ3n) is 7.40. The molecule has 0 aliphatic carbocycles. The summed E-state index contributed by atoms with van der Waals surface area (Å²) in [6.45, 7) is 10.5. The number of aryl methyl sites for hydroxylation is 1. The maximum absolute atomic E-state index is 14.1. The van der Waals surface area contributed by atoms with E-state index >= 15 is 0 Å². The van der Waals surface area contributed by atoms with Gasteiger partial charge in [0.2, 0.25) is 0 Å². The van der Waals surface area contributed by atoms with Gasteiger partial charge in [-0.25, -0.2) is 4.79 Å². The Bertz CT molecular complexity index is 1540. The van der Waals surface area contributed by atoms with Gasteiger partial charge in [0.05, 0.1) is 29.2 Å². The summed E-state index contributed by atoms with van der Waals surface area (Å²) in [5.41, 5.74) is 3.25. The number of anilines is 1. The summed E-state index contributed by atoms with van der Waals surface area (Å²) in [5, 5.41) is 2.77. The van der Waals surface area contributed by atoms with E-state index in [1.54, 1.807) is 11.5 Å². The molecule has 0 atom stereocenters. The van der Waals surface area contributed by atoms with E-state index in [0.717, 1.165) is 40.6 Å². The highest BCUT2D eigenvalue weighted by Gasteiger charge is 2.30. The van der Waals surface area contributed by atoms with Crippen molar-refractivity contribution in [1.29, 1.82) is 0 Å². The summed E-state index contributed by atoms with van der Waals surface area (Å²) >= 11 is 1.44. The van der Waals surface area contributed by atoms with Gasteiger partial charge in [0.1, 0.15) is 5.56 Å². The second-order valence-electron chi connectivity index (χ2n) is 10.0. The van der Waals surface area contributed by atoms with E-state index in [4.69, 9.17) is 4.74 Å². The summed E-state index contributed by atoms with van der Waals surface area (Å²) in [6, 6.07) is 19.8. The SMILES string of the molecule is CC.CCCCc1ccc2c(c1)c(N1CCN(C(=O)c3cccs3)CC1)c(C(=O)OCC)c(=O)n2Cc1ccccc1. The lowest BCUT2D eigenvalue weighted by atomic mass is 10.0. The van der Waals surface area contributed by atoms with Crippen molar-refractivity contribution in [2.45, 2.75) is 53.5 Å². The summed E-state index contributed by atoms with van der Waals surface area (Å²) in [7, 11) is 0. The van der Waals surface area contributed by atoms with Crippen molar-refractivity contribution in [2.75, 3.05) is 37.7 Å². The minimum absolute atomic E-state index is 0.0188. The Labute approximate surface area is 252 Å². The lowest BCUT2D eigenvalue weighted by Gasteiger charge is -2.37. The number of carbonyl (C=O) groups excluding carboxylic acids is 2. The Hall–Kier alpha value is -3.91. The number of amides is 1. The number of pyridine rings is 1. The minimum Gasteiger partial charge on any atom is -0.462 e. The van der Waals surface area contributed by atoms with Crippen LogP contribution in [0, 0.1) is 0 Å². The third-order valence-corrected chi connectivity index (χ3v) is 8.26. The van der Waals surface area contributed by atoms with E-state index in [1.165, 1.54) is 16.9 Å². The molecule has 0 N–H and O–H groups in total. The minimum atomic E-state index is -0.609. The first-order valence-electron chi connectivity index (χ1n) is 15.0. The highest BCUT2D eigenvalue weighted by atomic mass is 32.1. The summed E-state index contributed by atoms with van der Waals surface area (Å²) < 4.78 is 7.15. The van der Waals surface area contributed by atoms with Crippen LogP contribution in [0.3, 0.4) is 0 Å². The molecule has 7 nitrogen and oxygen atoms in total. The number of fused-ring (bicyclic) bond motifs is 1. The zero-order valence-corrected chi connectivity index (χ0v) is 25.9. The van der Waals surface area contributed by atoms with Crippen LogP contribution < -0.4 is 10.5 Å². The molecule has 1 saturated heterocycles. The van der Waals surface area contributed by atoms with Gasteiger partial charge in [-0.05, 0) is 54.5 Å². The van der Waals surface area contributed by atoms with Crippen molar-refractivity contribution < 1.29 is 14.3 Å². The number of rotatable bonds is 9.